The number of hydrogen-bond acceptors (Lipinski definition) is 6. The van der Waals surface area contributed by atoms with Gasteiger partial charge >= 0.3 is 0 Å². The molecule has 5 rings (SSSR count). The summed E-state index contributed by atoms with van der Waals surface area (Å²) in [5.74, 6) is 0.815. The van der Waals surface area contributed by atoms with Gasteiger partial charge in [0.05, 0.1) is 24.2 Å². The van der Waals surface area contributed by atoms with E-state index in [2.05, 4.69) is 11.6 Å². The highest BCUT2D eigenvalue weighted by molar-refractivity contribution is 7.90. The molecule has 0 saturated heterocycles. The second kappa shape index (κ2) is 11.0. The van der Waals surface area contributed by atoms with Crippen LogP contribution in [-0.4, -0.2) is 42.1 Å². The number of carbonyl (C=O) groups is 1. The Morgan fingerprint density at radius 3 is 2.68 bits per heavy atom. The average Bonchev–Trinajstić information content (AvgIpc) is 3.55. The van der Waals surface area contributed by atoms with Gasteiger partial charge < -0.3 is 18.9 Å². The van der Waals surface area contributed by atoms with Crippen LogP contribution in [-0.2, 0) is 22.1 Å². The Labute approximate surface area is 223 Å². The van der Waals surface area contributed by atoms with Gasteiger partial charge in [0, 0.05) is 18.2 Å². The first-order valence-corrected chi connectivity index (χ1v) is 14.6. The molecule has 38 heavy (non-hydrogen) atoms. The molecule has 2 heterocycles. The zero-order valence-corrected chi connectivity index (χ0v) is 22.5. The van der Waals surface area contributed by atoms with E-state index in [1.54, 1.807) is 35.4 Å². The molecule has 1 aromatic heterocycles. The van der Waals surface area contributed by atoms with Crippen molar-refractivity contribution in [2.75, 3.05) is 13.3 Å². The van der Waals surface area contributed by atoms with Crippen LogP contribution in [0.25, 0.3) is 0 Å². The van der Waals surface area contributed by atoms with Gasteiger partial charge in [0.1, 0.15) is 0 Å². The predicted molar refractivity (Wildman–Crippen MR) is 144 cm³/mol. The van der Waals surface area contributed by atoms with Crippen molar-refractivity contribution in [3.05, 3.63) is 83.7 Å². The van der Waals surface area contributed by atoms with Crippen LogP contribution >= 0.6 is 0 Å². The predicted octanol–water partition coefficient (Wildman–Crippen LogP) is 5.23. The third-order valence-corrected chi connectivity index (χ3v) is 8.68. The standard InChI is InChI=1S/C29H33N3O5S/c1-3-14-31(28(33)23-12-13-26-27(16-23)37-20-36-26)18-25-17-30-29(32(25)24-10-5-4-6-11-24)38(34,35)19-22-9-7-8-21(2)15-22/h3,7-9,12-13,15-17,24H,1,4-6,10-11,14,18-20H2,2H3. The quantitative estimate of drug-likeness (QED) is 0.349. The number of ether oxygens (including phenoxy) is 2. The maximum atomic E-state index is 13.7. The number of aryl methyl sites for hydroxylation is 1. The van der Waals surface area contributed by atoms with Crippen LogP contribution in [0.1, 0.15) is 65.3 Å². The van der Waals surface area contributed by atoms with Crippen LogP contribution in [0.3, 0.4) is 0 Å². The molecule has 1 amide bonds. The van der Waals surface area contributed by atoms with Crippen molar-refractivity contribution in [1.82, 2.24) is 14.5 Å². The van der Waals surface area contributed by atoms with E-state index in [1.165, 1.54) is 0 Å². The van der Waals surface area contributed by atoms with E-state index in [4.69, 9.17) is 9.47 Å². The van der Waals surface area contributed by atoms with Crippen molar-refractivity contribution in [2.45, 2.75) is 62.5 Å². The van der Waals surface area contributed by atoms with Crippen LogP contribution in [0, 0.1) is 6.92 Å². The van der Waals surface area contributed by atoms with Crippen LogP contribution in [0.5, 0.6) is 11.5 Å². The summed E-state index contributed by atoms with van der Waals surface area (Å²) in [6.45, 7) is 6.42. The van der Waals surface area contributed by atoms with Gasteiger partial charge in [-0.25, -0.2) is 13.4 Å². The van der Waals surface area contributed by atoms with E-state index in [9.17, 15) is 13.2 Å². The zero-order chi connectivity index (χ0) is 26.7. The summed E-state index contributed by atoms with van der Waals surface area (Å²) in [5, 5.41) is 0.0787. The number of hydrogen-bond donors (Lipinski definition) is 0. The van der Waals surface area contributed by atoms with Crippen molar-refractivity contribution >= 4 is 15.7 Å². The summed E-state index contributed by atoms with van der Waals surface area (Å²) in [6.07, 6.45) is 8.25. The molecule has 0 bridgehead atoms. The van der Waals surface area contributed by atoms with E-state index >= 15 is 0 Å². The van der Waals surface area contributed by atoms with Crippen molar-refractivity contribution in [2.24, 2.45) is 0 Å². The summed E-state index contributed by atoms with van der Waals surface area (Å²) < 4.78 is 40.0. The average molecular weight is 536 g/mol. The van der Waals surface area contributed by atoms with Gasteiger partial charge in [0.25, 0.3) is 5.91 Å². The monoisotopic (exact) mass is 535 g/mol. The minimum atomic E-state index is -3.72. The minimum absolute atomic E-state index is 0.0229. The minimum Gasteiger partial charge on any atom is -0.454 e. The first-order valence-electron chi connectivity index (χ1n) is 13.0. The summed E-state index contributed by atoms with van der Waals surface area (Å²) in [4.78, 5) is 19.6. The summed E-state index contributed by atoms with van der Waals surface area (Å²) in [6, 6.07) is 12.7. The lowest BCUT2D eigenvalue weighted by atomic mass is 9.95. The normalized spacial score (nSPS) is 15.4. The molecule has 0 N–H and O–H groups in total. The molecule has 1 aliphatic carbocycles. The molecule has 200 valence electrons. The summed E-state index contributed by atoms with van der Waals surface area (Å²) >= 11 is 0. The zero-order valence-electron chi connectivity index (χ0n) is 21.6. The van der Waals surface area contributed by atoms with Crippen LogP contribution in [0.15, 0.2) is 66.5 Å². The molecule has 2 aliphatic rings. The Kier molecular flexibility index (Phi) is 7.56. The molecular weight excluding hydrogens is 502 g/mol. The van der Waals surface area contributed by atoms with E-state index in [0.717, 1.165) is 43.2 Å². The number of sulfone groups is 1. The fraction of sp³-hybridized carbons (Fsp3) is 0.379. The maximum absolute atomic E-state index is 13.7. The van der Waals surface area contributed by atoms with Gasteiger partial charge in [-0.15, -0.1) is 6.58 Å². The lowest BCUT2D eigenvalue weighted by molar-refractivity contribution is 0.0757. The number of amides is 1. The number of nitrogens with zero attached hydrogens (tertiary/aromatic N) is 3. The van der Waals surface area contributed by atoms with Gasteiger partial charge in [-0.1, -0.05) is 55.2 Å². The summed E-state index contributed by atoms with van der Waals surface area (Å²) in [5.41, 5.74) is 2.91. The molecule has 9 heteroatoms. The molecule has 0 atom stereocenters. The first kappa shape index (κ1) is 26.0. The van der Waals surface area contributed by atoms with Gasteiger partial charge in [-0.3, -0.25) is 4.79 Å². The van der Waals surface area contributed by atoms with Crippen molar-refractivity contribution in [3.63, 3.8) is 0 Å². The van der Waals surface area contributed by atoms with Crippen LogP contribution < -0.4 is 9.47 Å². The number of benzene rings is 2. The van der Waals surface area contributed by atoms with E-state index in [0.29, 0.717) is 29.3 Å². The molecule has 1 aliphatic heterocycles. The van der Waals surface area contributed by atoms with Gasteiger partial charge in [0.2, 0.25) is 21.8 Å². The van der Waals surface area contributed by atoms with Gasteiger partial charge in [-0.2, -0.15) is 0 Å². The van der Waals surface area contributed by atoms with Gasteiger partial charge in [0.15, 0.2) is 11.5 Å². The highest BCUT2D eigenvalue weighted by Gasteiger charge is 2.30. The molecule has 1 fully saturated rings. The second-order valence-electron chi connectivity index (χ2n) is 9.98. The smallest absolute Gasteiger partial charge is 0.254 e. The van der Waals surface area contributed by atoms with Crippen molar-refractivity contribution in [3.8, 4) is 11.5 Å². The highest BCUT2D eigenvalue weighted by Crippen LogP contribution is 2.35. The number of aromatic nitrogens is 2. The Morgan fingerprint density at radius 2 is 1.92 bits per heavy atom. The van der Waals surface area contributed by atoms with Gasteiger partial charge in [-0.05, 0) is 43.5 Å². The number of carbonyl (C=O) groups excluding carboxylic acids is 1. The van der Waals surface area contributed by atoms with Crippen molar-refractivity contribution < 1.29 is 22.7 Å². The topological polar surface area (TPSA) is 90.7 Å². The molecule has 0 radical (unpaired) electrons. The van der Waals surface area contributed by atoms with E-state index in [1.807, 2.05) is 35.8 Å². The van der Waals surface area contributed by atoms with Crippen LogP contribution in [0.2, 0.25) is 0 Å². The Balaban J connectivity index is 1.48. The fourth-order valence-electron chi connectivity index (χ4n) is 5.32. The molecule has 8 nitrogen and oxygen atoms in total. The molecule has 0 unspecified atom stereocenters. The third-order valence-electron chi connectivity index (χ3n) is 7.11. The summed E-state index contributed by atoms with van der Waals surface area (Å²) in [7, 11) is -3.72. The Bertz CT molecular complexity index is 1440. The van der Waals surface area contributed by atoms with Crippen LogP contribution in [0.4, 0.5) is 0 Å². The first-order chi connectivity index (χ1) is 18.4. The fourth-order valence-corrected chi connectivity index (χ4v) is 6.85. The Morgan fingerprint density at radius 1 is 1.13 bits per heavy atom. The molecule has 2 aromatic carbocycles. The van der Waals surface area contributed by atoms with E-state index in [-0.39, 0.29) is 36.2 Å². The lowest BCUT2D eigenvalue weighted by Gasteiger charge is -2.28. The lowest BCUT2D eigenvalue weighted by Crippen LogP contribution is -2.32. The Hall–Kier alpha value is -3.59. The molecule has 1 saturated carbocycles. The molecule has 0 spiro atoms. The number of rotatable bonds is 9. The second-order valence-corrected chi connectivity index (χ2v) is 11.9. The SMILES string of the molecule is C=CCN(Cc1cnc(S(=O)(=O)Cc2cccc(C)c2)n1C1CCCCC1)C(=O)c1ccc2c(c1)OCO2. The number of fused-ring (bicyclic) bond motifs is 1. The van der Waals surface area contributed by atoms with Crippen molar-refractivity contribution in [1.29, 1.82) is 0 Å². The third kappa shape index (κ3) is 5.48. The molecule has 3 aromatic rings. The highest BCUT2D eigenvalue weighted by atomic mass is 32.2. The number of imidazole rings is 1. The van der Waals surface area contributed by atoms with E-state index < -0.39 is 9.84 Å². The maximum Gasteiger partial charge on any atom is 0.254 e. The molecular formula is C29H33N3O5S. The largest absolute Gasteiger partial charge is 0.454 e.